The van der Waals surface area contributed by atoms with Gasteiger partial charge < -0.3 is 10.1 Å². The second-order valence-corrected chi connectivity index (χ2v) is 9.24. The van der Waals surface area contributed by atoms with Crippen LogP contribution >= 0.6 is 11.3 Å². The summed E-state index contributed by atoms with van der Waals surface area (Å²) >= 11 is 1.70. The molecule has 3 aromatic heterocycles. The number of nitrogens with one attached hydrogen (secondary N) is 1. The Bertz CT molecular complexity index is 1380. The number of methoxy groups -OCH3 is 1. The zero-order chi connectivity index (χ0) is 23.0. The second-order valence-electron chi connectivity index (χ2n) is 7.78. The maximum absolute atomic E-state index is 13.4. The molecular weight excluding hydrogens is 422 g/mol. The Morgan fingerprint density at radius 1 is 1.25 bits per heavy atom. The number of nitrogens with zero attached hydrogens (tertiary/aromatic N) is 4. The zero-order valence-electron chi connectivity index (χ0n) is 18.6. The average Bonchev–Trinajstić information content (AvgIpc) is 3.35. The van der Waals surface area contributed by atoms with Gasteiger partial charge in [-0.25, -0.2) is 9.67 Å². The van der Waals surface area contributed by atoms with Crippen LogP contribution in [0.15, 0.2) is 36.5 Å². The number of hydrogen-bond donors (Lipinski definition) is 1. The SMILES string of the molecule is COc1ccc(C#N)cc1NC(=O)c1cc(-c2cc(C)sc2C)nc2c1cnn2C(C)C. The first-order valence-corrected chi connectivity index (χ1v) is 11.0. The number of aromatic nitrogens is 3. The summed E-state index contributed by atoms with van der Waals surface area (Å²) in [6.45, 7) is 8.16. The van der Waals surface area contributed by atoms with Crippen molar-refractivity contribution < 1.29 is 9.53 Å². The highest BCUT2D eigenvalue weighted by atomic mass is 32.1. The van der Waals surface area contributed by atoms with Crippen molar-refractivity contribution >= 4 is 34.0 Å². The molecule has 0 fully saturated rings. The van der Waals surface area contributed by atoms with Crippen molar-refractivity contribution in [2.75, 3.05) is 12.4 Å². The fourth-order valence-corrected chi connectivity index (χ4v) is 4.60. The van der Waals surface area contributed by atoms with Crippen molar-refractivity contribution in [3.05, 3.63) is 57.4 Å². The van der Waals surface area contributed by atoms with Crippen molar-refractivity contribution in [1.82, 2.24) is 14.8 Å². The summed E-state index contributed by atoms with van der Waals surface area (Å²) in [5, 5.41) is 17.3. The first-order chi connectivity index (χ1) is 15.3. The van der Waals surface area contributed by atoms with Crippen molar-refractivity contribution in [2.45, 2.75) is 33.7 Å². The largest absolute Gasteiger partial charge is 0.495 e. The van der Waals surface area contributed by atoms with Crippen LogP contribution in [0.25, 0.3) is 22.3 Å². The van der Waals surface area contributed by atoms with Gasteiger partial charge in [0.15, 0.2) is 5.65 Å². The smallest absolute Gasteiger partial charge is 0.256 e. The lowest BCUT2D eigenvalue weighted by Crippen LogP contribution is -2.14. The lowest BCUT2D eigenvalue weighted by Gasteiger charge is -2.13. The van der Waals surface area contributed by atoms with E-state index in [1.165, 1.54) is 12.0 Å². The quantitative estimate of drug-likeness (QED) is 0.438. The molecule has 0 radical (unpaired) electrons. The minimum Gasteiger partial charge on any atom is -0.495 e. The van der Waals surface area contributed by atoms with Gasteiger partial charge in [0, 0.05) is 21.4 Å². The highest BCUT2D eigenvalue weighted by Gasteiger charge is 2.21. The monoisotopic (exact) mass is 445 g/mol. The molecule has 1 aromatic carbocycles. The summed E-state index contributed by atoms with van der Waals surface area (Å²) in [5.74, 6) is 0.157. The topological polar surface area (TPSA) is 92.8 Å². The van der Waals surface area contributed by atoms with Crippen molar-refractivity contribution in [1.29, 1.82) is 5.26 Å². The molecule has 0 aliphatic carbocycles. The second kappa shape index (κ2) is 8.44. The Hall–Kier alpha value is -3.70. The Morgan fingerprint density at radius 3 is 2.66 bits per heavy atom. The Balaban J connectivity index is 1.87. The highest BCUT2D eigenvalue weighted by molar-refractivity contribution is 7.12. The number of ether oxygens (including phenoxy) is 1. The van der Waals surface area contributed by atoms with Gasteiger partial charge in [-0.15, -0.1) is 11.3 Å². The predicted molar refractivity (Wildman–Crippen MR) is 126 cm³/mol. The van der Waals surface area contributed by atoms with Crippen LogP contribution in [0.2, 0.25) is 0 Å². The molecule has 32 heavy (non-hydrogen) atoms. The molecule has 4 rings (SSSR count). The number of fused-ring (bicyclic) bond motifs is 1. The normalized spacial score (nSPS) is 11.0. The number of hydrogen-bond acceptors (Lipinski definition) is 6. The minimum atomic E-state index is -0.319. The van der Waals surface area contributed by atoms with Gasteiger partial charge in [0.1, 0.15) is 5.75 Å². The Kier molecular flexibility index (Phi) is 5.68. The molecule has 3 heterocycles. The van der Waals surface area contributed by atoms with E-state index in [0.717, 1.165) is 16.1 Å². The van der Waals surface area contributed by atoms with Gasteiger partial charge in [-0.3, -0.25) is 4.79 Å². The molecule has 0 unspecified atom stereocenters. The zero-order valence-corrected chi connectivity index (χ0v) is 19.4. The van der Waals surface area contributed by atoms with E-state index < -0.39 is 0 Å². The summed E-state index contributed by atoms with van der Waals surface area (Å²) in [6.07, 6.45) is 1.68. The average molecular weight is 446 g/mol. The van der Waals surface area contributed by atoms with Crippen LogP contribution in [-0.4, -0.2) is 27.8 Å². The molecular formula is C24H23N5O2S. The van der Waals surface area contributed by atoms with E-state index >= 15 is 0 Å². The lowest BCUT2D eigenvalue weighted by molar-refractivity contribution is 0.102. The fourth-order valence-electron chi connectivity index (χ4n) is 3.67. The molecule has 1 N–H and O–H groups in total. The van der Waals surface area contributed by atoms with Crippen molar-refractivity contribution in [2.24, 2.45) is 0 Å². The third kappa shape index (κ3) is 3.83. The van der Waals surface area contributed by atoms with Gasteiger partial charge in [0.05, 0.1) is 47.3 Å². The first-order valence-electron chi connectivity index (χ1n) is 10.2. The van der Waals surface area contributed by atoms with E-state index in [1.54, 1.807) is 41.8 Å². The molecule has 4 aromatic rings. The summed E-state index contributed by atoms with van der Waals surface area (Å²) in [4.78, 5) is 20.6. The van der Waals surface area contributed by atoms with Gasteiger partial charge in [-0.1, -0.05) is 0 Å². The molecule has 0 aliphatic heterocycles. The number of anilines is 1. The summed E-state index contributed by atoms with van der Waals surface area (Å²) in [6, 6.07) is 11.0. The van der Waals surface area contributed by atoms with Crippen molar-refractivity contribution in [3.63, 3.8) is 0 Å². The molecule has 8 heteroatoms. The molecule has 0 saturated heterocycles. The number of aryl methyl sites for hydroxylation is 2. The summed E-state index contributed by atoms with van der Waals surface area (Å²) in [5.41, 5.74) is 3.71. The van der Waals surface area contributed by atoms with E-state index in [-0.39, 0.29) is 11.9 Å². The number of benzene rings is 1. The molecule has 0 spiro atoms. The standard InChI is InChI=1S/C24H23N5O2S/c1-13(2)29-23-19(12-26-29)18(10-20(27-23)17-8-14(3)32-15(17)4)24(30)28-21-9-16(11-25)6-7-22(21)31-5/h6-10,12-13H,1-5H3,(H,28,30). The molecule has 7 nitrogen and oxygen atoms in total. The number of rotatable bonds is 5. The molecule has 1 amide bonds. The van der Waals surface area contributed by atoms with E-state index in [9.17, 15) is 10.1 Å². The fraction of sp³-hybridized carbons (Fsp3) is 0.250. The number of carbonyl (C=O) groups excluding carboxylic acids is 1. The van der Waals surface area contributed by atoms with E-state index in [2.05, 4.69) is 36.4 Å². The molecule has 0 atom stereocenters. The Labute approximate surface area is 190 Å². The van der Waals surface area contributed by atoms with Crippen LogP contribution < -0.4 is 10.1 Å². The number of pyridine rings is 1. The molecule has 162 valence electrons. The van der Waals surface area contributed by atoms with E-state index in [0.29, 0.717) is 33.6 Å². The maximum atomic E-state index is 13.4. The van der Waals surface area contributed by atoms with E-state index in [1.807, 2.05) is 18.5 Å². The summed E-state index contributed by atoms with van der Waals surface area (Å²) in [7, 11) is 1.52. The third-order valence-corrected chi connectivity index (χ3v) is 6.16. The van der Waals surface area contributed by atoms with Crippen LogP contribution in [0, 0.1) is 25.2 Å². The molecule has 0 saturated carbocycles. The molecule has 0 bridgehead atoms. The number of amides is 1. The van der Waals surface area contributed by atoms with Crippen LogP contribution in [0.4, 0.5) is 5.69 Å². The van der Waals surface area contributed by atoms with Gasteiger partial charge in [-0.2, -0.15) is 10.4 Å². The van der Waals surface area contributed by atoms with Crippen LogP contribution in [0.3, 0.4) is 0 Å². The first kappa shape index (κ1) is 21.5. The predicted octanol–water partition coefficient (Wildman–Crippen LogP) is 5.49. The maximum Gasteiger partial charge on any atom is 0.256 e. The van der Waals surface area contributed by atoms with E-state index in [4.69, 9.17) is 9.72 Å². The highest BCUT2D eigenvalue weighted by Crippen LogP contribution is 2.33. The summed E-state index contributed by atoms with van der Waals surface area (Å²) < 4.78 is 7.19. The number of nitriles is 1. The van der Waals surface area contributed by atoms with Crippen LogP contribution in [0.5, 0.6) is 5.75 Å². The van der Waals surface area contributed by atoms with Crippen LogP contribution in [-0.2, 0) is 0 Å². The minimum absolute atomic E-state index is 0.0869. The van der Waals surface area contributed by atoms with Gasteiger partial charge in [0.25, 0.3) is 5.91 Å². The third-order valence-electron chi connectivity index (χ3n) is 5.19. The number of carbonyl (C=O) groups is 1. The van der Waals surface area contributed by atoms with Crippen LogP contribution in [0.1, 0.15) is 45.6 Å². The van der Waals surface area contributed by atoms with Gasteiger partial charge in [-0.05, 0) is 58.0 Å². The van der Waals surface area contributed by atoms with Gasteiger partial charge in [0.2, 0.25) is 0 Å². The Morgan fingerprint density at radius 2 is 2.03 bits per heavy atom. The van der Waals surface area contributed by atoms with Crippen molar-refractivity contribution in [3.8, 4) is 23.1 Å². The van der Waals surface area contributed by atoms with Gasteiger partial charge >= 0.3 is 0 Å². The molecule has 0 aliphatic rings. The lowest BCUT2D eigenvalue weighted by atomic mass is 10.1. The number of thiophene rings is 1.